The van der Waals surface area contributed by atoms with Crippen LogP contribution in [-0.2, 0) is 11.3 Å². The third-order valence-electron chi connectivity index (χ3n) is 4.03. The zero-order valence-electron chi connectivity index (χ0n) is 12.5. The topological polar surface area (TPSA) is 50.7 Å². The smallest absolute Gasteiger partial charge is 0.124 e. The Balaban J connectivity index is 1.89. The molecular formula is C17H25NO3. The second-order valence-corrected chi connectivity index (χ2v) is 5.58. The quantitative estimate of drug-likeness (QED) is 0.721. The fourth-order valence-electron chi connectivity index (χ4n) is 2.60. The van der Waals surface area contributed by atoms with Crippen molar-refractivity contribution >= 4 is 0 Å². The van der Waals surface area contributed by atoms with Gasteiger partial charge in [0, 0.05) is 37.3 Å². The van der Waals surface area contributed by atoms with Crippen molar-refractivity contribution in [1.29, 1.82) is 0 Å². The van der Waals surface area contributed by atoms with Crippen molar-refractivity contribution < 1.29 is 14.6 Å². The van der Waals surface area contributed by atoms with Gasteiger partial charge in [-0.1, -0.05) is 30.9 Å². The normalized spacial score (nSPS) is 17.4. The predicted molar refractivity (Wildman–Crippen MR) is 83.4 cm³/mol. The van der Waals surface area contributed by atoms with Crippen LogP contribution in [0.25, 0.3) is 0 Å². The monoisotopic (exact) mass is 291 g/mol. The number of hydrogen-bond donors (Lipinski definition) is 2. The van der Waals surface area contributed by atoms with Crippen LogP contribution >= 0.6 is 0 Å². The van der Waals surface area contributed by atoms with E-state index in [0.717, 1.165) is 50.5 Å². The van der Waals surface area contributed by atoms with Crippen molar-refractivity contribution in [3.63, 3.8) is 0 Å². The Bertz CT molecular complexity index is 441. The molecule has 0 unspecified atom stereocenters. The molecule has 4 heteroatoms. The summed E-state index contributed by atoms with van der Waals surface area (Å²) in [5.41, 5.74) is 1.08. The molecule has 1 aromatic rings. The van der Waals surface area contributed by atoms with Crippen LogP contribution in [0.3, 0.4) is 0 Å². The summed E-state index contributed by atoms with van der Waals surface area (Å²) in [5.74, 6) is 0.884. The van der Waals surface area contributed by atoms with Crippen LogP contribution in [0.1, 0.15) is 18.4 Å². The van der Waals surface area contributed by atoms with E-state index in [1.807, 2.05) is 18.2 Å². The summed E-state index contributed by atoms with van der Waals surface area (Å²) in [6, 6.07) is 8.00. The molecule has 0 amide bonds. The number of ether oxygens (including phenoxy) is 2. The van der Waals surface area contributed by atoms with Gasteiger partial charge in [-0.05, 0) is 18.9 Å². The number of benzene rings is 1. The molecule has 2 rings (SSSR count). The molecule has 1 aromatic carbocycles. The molecule has 0 atom stereocenters. The van der Waals surface area contributed by atoms with E-state index in [-0.39, 0.29) is 12.0 Å². The number of aliphatic hydroxyl groups is 1. The van der Waals surface area contributed by atoms with Crippen LogP contribution in [0.5, 0.6) is 5.75 Å². The van der Waals surface area contributed by atoms with E-state index in [1.165, 1.54) is 0 Å². The maximum atomic E-state index is 9.68. The Hall–Kier alpha value is -1.36. The molecule has 2 N–H and O–H groups in total. The highest BCUT2D eigenvalue weighted by Crippen LogP contribution is 2.29. The average Bonchev–Trinajstić information content (AvgIpc) is 2.55. The average molecular weight is 291 g/mol. The molecule has 0 radical (unpaired) electrons. The summed E-state index contributed by atoms with van der Waals surface area (Å²) in [5, 5.41) is 13.1. The van der Waals surface area contributed by atoms with E-state index in [1.54, 1.807) is 6.08 Å². The number of nitrogens with one attached hydrogen (secondary N) is 1. The molecule has 1 aliphatic heterocycles. The number of aliphatic hydroxyl groups excluding tert-OH is 1. The first-order chi connectivity index (χ1) is 10.3. The van der Waals surface area contributed by atoms with Crippen molar-refractivity contribution in [3.8, 4) is 5.75 Å². The molecule has 21 heavy (non-hydrogen) atoms. The van der Waals surface area contributed by atoms with E-state index >= 15 is 0 Å². The van der Waals surface area contributed by atoms with E-state index in [2.05, 4.69) is 18.0 Å². The lowest BCUT2D eigenvalue weighted by atomic mass is 9.81. The Morgan fingerprint density at radius 1 is 1.33 bits per heavy atom. The first-order valence-electron chi connectivity index (χ1n) is 7.51. The molecule has 0 spiro atoms. The molecule has 4 nitrogen and oxygen atoms in total. The molecule has 0 bridgehead atoms. The standard InChI is InChI=1S/C17H25NO3/c1-2-9-21-16-6-4-3-5-15(16)12-18-13-17(14-19)7-10-20-11-8-17/h2-6,18-19H,1,7-14H2. The fourth-order valence-corrected chi connectivity index (χ4v) is 2.60. The number of para-hydroxylation sites is 1. The zero-order valence-corrected chi connectivity index (χ0v) is 12.5. The highest BCUT2D eigenvalue weighted by atomic mass is 16.5. The van der Waals surface area contributed by atoms with Crippen molar-refractivity contribution in [2.24, 2.45) is 5.41 Å². The lowest BCUT2D eigenvalue weighted by molar-refractivity contribution is -0.0154. The second kappa shape index (κ2) is 8.17. The minimum Gasteiger partial charge on any atom is -0.489 e. The summed E-state index contributed by atoms with van der Waals surface area (Å²) < 4.78 is 11.0. The maximum Gasteiger partial charge on any atom is 0.124 e. The van der Waals surface area contributed by atoms with Crippen molar-refractivity contribution in [3.05, 3.63) is 42.5 Å². The van der Waals surface area contributed by atoms with Crippen LogP contribution < -0.4 is 10.1 Å². The Kier molecular flexibility index (Phi) is 6.23. The number of rotatable bonds is 8. The third-order valence-corrected chi connectivity index (χ3v) is 4.03. The Labute approximate surface area is 126 Å². The highest BCUT2D eigenvalue weighted by Gasteiger charge is 2.31. The SMILES string of the molecule is C=CCOc1ccccc1CNCC1(CO)CCOCC1. The van der Waals surface area contributed by atoms with Crippen molar-refractivity contribution in [2.75, 3.05) is 33.0 Å². The van der Waals surface area contributed by atoms with Gasteiger partial charge in [-0.3, -0.25) is 0 Å². The van der Waals surface area contributed by atoms with Gasteiger partial charge in [-0.15, -0.1) is 0 Å². The maximum absolute atomic E-state index is 9.68. The summed E-state index contributed by atoms with van der Waals surface area (Å²) in [6.45, 7) is 7.38. The van der Waals surface area contributed by atoms with Crippen LogP contribution in [0, 0.1) is 5.41 Å². The van der Waals surface area contributed by atoms with E-state index in [4.69, 9.17) is 9.47 Å². The molecule has 0 aliphatic carbocycles. The lowest BCUT2D eigenvalue weighted by Gasteiger charge is -2.35. The summed E-state index contributed by atoms with van der Waals surface area (Å²) in [4.78, 5) is 0. The van der Waals surface area contributed by atoms with Gasteiger partial charge in [-0.25, -0.2) is 0 Å². The first kappa shape index (κ1) is 16.0. The summed E-state index contributed by atoms with van der Waals surface area (Å²) >= 11 is 0. The molecule has 1 aliphatic rings. The summed E-state index contributed by atoms with van der Waals surface area (Å²) in [7, 11) is 0. The van der Waals surface area contributed by atoms with Gasteiger partial charge in [-0.2, -0.15) is 0 Å². The van der Waals surface area contributed by atoms with Gasteiger partial charge in [0.25, 0.3) is 0 Å². The summed E-state index contributed by atoms with van der Waals surface area (Å²) in [6.07, 6.45) is 3.56. The van der Waals surface area contributed by atoms with Gasteiger partial charge in [0.15, 0.2) is 0 Å². The largest absolute Gasteiger partial charge is 0.489 e. The van der Waals surface area contributed by atoms with Crippen molar-refractivity contribution in [1.82, 2.24) is 5.32 Å². The first-order valence-corrected chi connectivity index (χ1v) is 7.51. The van der Waals surface area contributed by atoms with Gasteiger partial charge < -0.3 is 19.9 Å². The fraction of sp³-hybridized carbons (Fsp3) is 0.529. The van der Waals surface area contributed by atoms with E-state index in [9.17, 15) is 5.11 Å². The van der Waals surface area contributed by atoms with Gasteiger partial charge in [0.2, 0.25) is 0 Å². The van der Waals surface area contributed by atoms with Gasteiger partial charge in [0.1, 0.15) is 12.4 Å². The van der Waals surface area contributed by atoms with Crippen molar-refractivity contribution in [2.45, 2.75) is 19.4 Å². The number of hydrogen-bond acceptors (Lipinski definition) is 4. The van der Waals surface area contributed by atoms with E-state index in [0.29, 0.717) is 6.61 Å². The van der Waals surface area contributed by atoms with Crippen LogP contribution in [0.2, 0.25) is 0 Å². The minimum absolute atomic E-state index is 0.0465. The second-order valence-electron chi connectivity index (χ2n) is 5.58. The Morgan fingerprint density at radius 3 is 2.81 bits per heavy atom. The van der Waals surface area contributed by atoms with Crippen LogP contribution in [-0.4, -0.2) is 38.1 Å². The molecule has 1 fully saturated rings. The minimum atomic E-state index is -0.0465. The molecule has 0 saturated carbocycles. The van der Waals surface area contributed by atoms with Gasteiger partial charge in [0.05, 0.1) is 6.61 Å². The lowest BCUT2D eigenvalue weighted by Crippen LogP contribution is -2.41. The predicted octanol–water partition coefficient (Wildman–Crippen LogP) is 2.13. The molecule has 0 aromatic heterocycles. The van der Waals surface area contributed by atoms with Crippen LogP contribution in [0.15, 0.2) is 36.9 Å². The zero-order chi connectivity index (χ0) is 15.0. The van der Waals surface area contributed by atoms with E-state index < -0.39 is 0 Å². The highest BCUT2D eigenvalue weighted by molar-refractivity contribution is 5.33. The Morgan fingerprint density at radius 2 is 2.10 bits per heavy atom. The molecule has 116 valence electrons. The third kappa shape index (κ3) is 4.56. The van der Waals surface area contributed by atoms with Gasteiger partial charge >= 0.3 is 0 Å². The molecule has 1 saturated heterocycles. The molecule has 1 heterocycles. The van der Waals surface area contributed by atoms with Crippen LogP contribution in [0.4, 0.5) is 0 Å². The molecular weight excluding hydrogens is 266 g/mol.